The Morgan fingerprint density at radius 3 is 2.67 bits per heavy atom. The van der Waals surface area contributed by atoms with Gasteiger partial charge in [0, 0.05) is 12.6 Å². The van der Waals surface area contributed by atoms with Crippen LogP contribution in [-0.2, 0) is 9.53 Å². The summed E-state index contributed by atoms with van der Waals surface area (Å²) in [5.74, 6) is -0.0274. The molecule has 1 atom stereocenters. The van der Waals surface area contributed by atoms with Crippen LogP contribution in [0.5, 0.6) is 0 Å². The van der Waals surface area contributed by atoms with Gasteiger partial charge in [-0.25, -0.2) is 4.79 Å². The molecule has 0 aromatic heterocycles. The van der Waals surface area contributed by atoms with Crippen LogP contribution < -0.4 is 5.32 Å². The molecule has 1 aliphatic heterocycles. The van der Waals surface area contributed by atoms with Crippen LogP contribution in [0.25, 0.3) is 0 Å². The molecule has 0 radical (unpaired) electrons. The number of rotatable bonds is 2. The summed E-state index contributed by atoms with van der Waals surface area (Å²) in [6.07, 6.45) is 3.35. The van der Waals surface area contributed by atoms with Crippen LogP contribution in [0, 0.1) is 0 Å². The summed E-state index contributed by atoms with van der Waals surface area (Å²) in [5, 5.41) is 2.92. The fourth-order valence-electron chi connectivity index (χ4n) is 1.90. The molecule has 1 unspecified atom stereocenters. The number of carbonyl (C=O) groups excluding carboxylic acids is 2. The van der Waals surface area contributed by atoms with Crippen molar-refractivity contribution in [3.63, 3.8) is 0 Å². The molecule has 2 amide bonds. The van der Waals surface area contributed by atoms with E-state index in [2.05, 4.69) is 10.1 Å². The average molecular weight is 212 g/mol. The number of ether oxygens (including phenoxy) is 1. The van der Waals surface area contributed by atoms with E-state index in [4.69, 9.17) is 0 Å². The first-order chi connectivity index (χ1) is 7.22. The molecule has 84 valence electrons. The molecule has 0 aromatic rings. The van der Waals surface area contributed by atoms with Gasteiger partial charge in [0.15, 0.2) is 0 Å². The maximum atomic E-state index is 11.8. The number of amides is 2. The van der Waals surface area contributed by atoms with Crippen molar-refractivity contribution in [3.8, 4) is 0 Å². The van der Waals surface area contributed by atoms with Gasteiger partial charge >= 0.3 is 6.09 Å². The minimum Gasteiger partial charge on any atom is -0.453 e. The fraction of sp³-hybridized carbons (Fsp3) is 0.800. The van der Waals surface area contributed by atoms with Crippen molar-refractivity contribution >= 4 is 12.0 Å². The molecule has 1 saturated carbocycles. The fourth-order valence-corrected chi connectivity index (χ4v) is 1.90. The number of nitrogens with one attached hydrogen (secondary N) is 1. The van der Waals surface area contributed by atoms with E-state index >= 15 is 0 Å². The lowest BCUT2D eigenvalue weighted by molar-refractivity contribution is -0.125. The summed E-state index contributed by atoms with van der Waals surface area (Å²) in [6, 6.07) is 0.0237. The first-order valence-corrected chi connectivity index (χ1v) is 5.37. The number of likely N-dealkylation sites (tertiary alicyclic amines) is 1. The smallest absolute Gasteiger partial charge is 0.410 e. The third kappa shape index (κ3) is 2.22. The van der Waals surface area contributed by atoms with Gasteiger partial charge in [-0.2, -0.15) is 0 Å². The highest BCUT2D eigenvalue weighted by molar-refractivity contribution is 5.86. The van der Waals surface area contributed by atoms with Crippen LogP contribution in [-0.4, -0.2) is 42.6 Å². The van der Waals surface area contributed by atoms with Gasteiger partial charge in [-0.3, -0.25) is 9.69 Å². The molecule has 5 heteroatoms. The molecule has 1 aliphatic carbocycles. The highest BCUT2D eigenvalue weighted by Gasteiger charge is 2.36. The van der Waals surface area contributed by atoms with Crippen molar-refractivity contribution in [2.45, 2.75) is 37.8 Å². The zero-order valence-electron chi connectivity index (χ0n) is 8.86. The van der Waals surface area contributed by atoms with Crippen molar-refractivity contribution in [1.29, 1.82) is 0 Å². The largest absolute Gasteiger partial charge is 0.453 e. The van der Waals surface area contributed by atoms with E-state index < -0.39 is 6.09 Å². The molecule has 5 nitrogen and oxygen atoms in total. The van der Waals surface area contributed by atoms with Crippen molar-refractivity contribution in [1.82, 2.24) is 10.2 Å². The number of methoxy groups -OCH3 is 1. The maximum absolute atomic E-state index is 11.8. The molecule has 0 aromatic carbocycles. The predicted octanol–water partition coefficient (Wildman–Crippen LogP) is 0.496. The number of nitrogens with zero attached hydrogens (tertiary/aromatic N) is 1. The van der Waals surface area contributed by atoms with Crippen LogP contribution in [0.4, 0.5) is 4.79 Å². The van der Waals surface area contributed by atoms with E-state index in [0.29, 0.717) is 12.6 Å². The summed E-state index contributed by atoms with van der Waals surface area (Å²) in [6.45, 7) is 0.620. The van der Waals surface area contributed by atoms with Crippen LogP contribution in [0.3, 0.4) is 0 Å². The van der Waals surface area contributed by atoms with Crippen LogP contribution in [0.2, 0.25) is 0 Å². The Morgan fingerprint density at radius 1 is 1.33 bits per heavy atom. The van der Waals surface area contributed by atoms with E-state index in [1.807, 2.05) is 0 Å². The molecule has 1 N–H and O–H groups in total. The Balaban J connectivity index is 1.93. The highest BCUT2D eigenvalue weighted by atomic mass is 16.5. The summed E-state index contributed by atoms with van der Waals surface area (Å²) in [4.78, 5) is 24.6. The highest BCUT2D eigenvalue weighted by Crippen LogP contribution is 2.22. The van der Waals surface area contributed by atoms with Gasteiger partial charge in [-0.15, -0.1) is 0 Å². The summed E-state index contributed by atoms with van der Waals surface area (Å²) < 4.78 is 4.64. The first-order valence-electron chi connectivity index (χ1n) is 5.37. The van der Waals surface area contributed by atoms with E-state index in [1.165, 1.54) is 12.0 Å². The number of hydrogen-bond donors (Lipinski definition) is 1. The first kappa shape index (κ1) is 10.3. The van der Waals surface area contributed by atoms with Crippen LogP contribution in [0.1, 0.15) is 25.7 Å². The van der Waals surface area contributed by atoms with E-state index in [-0.39, 0.29) is 11.9 Å². The van der Waals surface area contributed by atoms with Gasteiger partial charge in [0.05, 0.1) is 7.11 Å². The zero-order valence-corrected chi connectivity index (χ0v) is 8.86. The summed E-state index contributed by atoms with van der Waals surface area (Å²) >= 11 is 0. The molecule has 2 aliphatic rings. The van der Waals surface area contributed by atoms with E-state index in [0.717, 1.165) is 25.7 Å². The maximum Gasteiger partial charge on any atom is 0.410 e. The second-order valence-electron chi connectivity index (χ2n) is 4.10. The Morgan fingerprint density at radius 2 is 2.07 bits per heavy atom. The molecule has 1 heterocycles. The van der Waals surface area contributed by atoms with Crippen molar-refractivity contribution < 1.29 is 14.3 Å². The second-order valence-corrected chi connectivity index (χ2v) is 4.10. The molecular formula is C10H16N2O3. The molecule has 2 rings (SSSR count). The Labute approximate surface area is 88.8 Å². The Kier molecular flexibility index (Phi) is 2.79. The van der Waals surface area contributed by atoms with Gasteiger partial charge < -0.3 is 10.1 Å². The quantitative estimate of drug-likeness (QED) is 0.725. The van der Waals surface area contributed by atoms with Crippen LogP contribution in [0.15, 0.2) is 0 Å². The molecule has 2 fully saturated rings. The lowest BCUT2D eigenvalue weighted by atomic mass is 10.2. The van der Waals surface area contributed by atoms with Crippen molar-refractivity contribution in [3.05, 3.63) is 0 Å². The van der Waals surface area contributed by atoms with E-state index in [9.17, 15) is 9.59 Å². The number of hydrogen-bond acceptors (Lipinski definition) is 3. The monoisotopic (exact) mass is 212 g/mol. The van der Waals surface area contributed by atoms with Crippen LogP contribution >= 0.6 is 0 Å². The van der Waals surface area contributed by atoms with Crippen molar-refractivity contribution in [2.75, 3.05) is 13.7 Å². The van der Waals surface area contributed by atoms with Gasteiger partial charge in [-0.1, -0.05) is 0 Å². The zero-order chi connectivity index (χ0) is 10.8. The minimum atomic E-state index is -0.400. The van der Waals surface area contributed by atoms with Gasteiger partial charge in [0.1, 0.15) is 6.04 Å². The molecule has 0 spiro atoms. The van der Waals surface area contributed by atoms with Gasteiger partial charge in [0.25, 0.3) is 0 Å². The predicted molar refractivity (Wildman–Crippen MR) is 53.3 cm³/mol. The second kappa shape index (κ2) is 4.08. The lowest BCUT2D eigenvalue weighted by Gasteiger charge is -2.22. The topological polar surface area (TPSA) is 58.6 Å². The minimum absolute atomic E-state index is 0.0274. The van der Waals surface area contributed by atoms with Gasteiger partial charge in [0.2, 0.25) is 5.91 Å². The third-order valence-corrected chi connectivity index (χ3v) is 2.89. The SMILES string of the molecule is COC(=O)N1CCCC1C(=O)NC1CC1. The van der Waals surface area contributed by atoms with Crippen molar-refractivity contribution in [2.24, 2.45) is 0 Å². The molecule has 0 bridgehead atoms. The normalized spacial score (nSPS) is 25.1. The molecule has 15 heavy (non-hydrogen) atoms. The van der Waals surface area contributed by atoms with E-state index in [1.54, 1.807) is 0 Å². The summed E-state index contributed by atoms with van der Waals surface area (Å²) in [5.41, 5.74) is 0. The third-order valence-electron chi connectivity index (χ3n) is 2.89. The molecule has 1 saturated heterocycles. The lowest BCUT2D eigenvalue weighted by Crippen LogP contribution is -2.46. The Bertz CT molecular complexity index is 276. The van der Waals surface area contributed by atoms with Gasteiger partial charge in [-0.05, 0) is 25.7 Å². The standard InChI is InChI=1S/C10H16N2O3/c1-15-10(14)12-6-2-3-8(12)9(13)11-7-4-5-7/h7-8H,2-6H2,1H3,(H,11,13). The Hall–Kier alpha value is -1.26. The average Bonchev–Trinajstić information content (AvgIpc) is 2.90. The summed E-state index contributed by atoms with van der Waals surface area (Å²) in [7, 11) is 1.34. The number of carbonyl (C=O) groups is 2. The molecular weight excluding hydrogens is 196 g/mol.